The third-order valence-corrected chi connectivity index (χ3v) is 1.83. The Balaban J connectivity index is 3.84. The first-order valence-corrected chi connectivity index (χ1v) is 4.00. The van der Waals surface area contributed by atoms with E-state index in [0.717, 1.165) is 6.42 Å². The third-order valence-electron chi connectivity index (χ3n) is 1.83. The standard InChI is InChI=1S/C10H17F/c1-5-6-8(2)7-9(3)10(4)11/h5-6,9-10H,1,7H2,2-4H3/b8-6-/t9?,10-/m1/s1. The molecule has 0 saturated carbocycles. The van der Waals surface area contributed by atoms with Gasteiger partial charge in [0.2, 0.25) is 0 Å². The first-order chi connectivity index (χ1) is 5.07. The van der Waals surface area contributed by atoms with Crippen molar-refractivity contribution in [3.8, 4) is 0 Å². The van der Waals surface area contributed by atoms with Gasteiger partial charge >= 0.3 is 0 Å². The monoisotopic (exact) mass is 156 g/mol. The molecule has 0 aliphatic heterocycles. The lowest BCUT2D eigenvalue weighted by Gasteiger charge is -2.11. The summed E-state index contributed by atoms with van der Waals surface area (Å²) >= 11 is 0. The maximum absolute atomic E-state index is 12.6. The van der Waals surface area contributed by atoms with Crippen LogP contribution in [0.3, 0.4) is 0 Å². The van der Waals surface area contributed by atoms with Gasteiger partial charge in [0, 0.05) is 0 Å². The summed E-state index contributed by atoms with van der Waals surface area (Å²) in [6, 6.07) is 0. The van der Waals surface area contributed by atoms with Crippen LogP contribution in [0.4, 0.5) is 4.39 Å². The summed E-state index contributed by atoms with van der Waals surface area (Å²) in [5, 5.41) is 0. The lowest BCUT2D eigenvalue weighted by molar-refractivity contribution is 0.263. The Kier molecular flexibility index (Phi) is 4.84. The molecule has 0 bridgehead atoms. The quantitative estimate of drug-likeness (QED) is 0.546. The molecule has 1 unspecified atom stereocenters. The highest BCUT2D eigenvalue weighted by molar-refractivity contribution is 5.08. The van der Waals surface area contributed by atoms with E-state index >= 15 is 0 Å². The molecule has 0 radical (unpaired) electrons. The van der Waals surface area contributed by atoms with Crippen LogP contribution in [-0.2, 0) is 0 Å². The largest absolute Gasteiger partial charge is 0.247 e. The van der Waals surface area contributed by atoms with E-state index in [2.05, 4.69) is 6.58 Å². The van der Waals surface area contributed by atoms with E-state index in [-0.39, 0.29) is 5.92 Å². The maximum Gasteiger partial charge on any atom is 0.100 e. The van der Waals surface area contributed by atoms with Crippen LogP contribution >= 0.6 is 0 Å². The lowest BCUT2D eigenvalue weighted by atomic mass is 9.98. The van der Waals surface area contributed by atoms with Crippen LogP contribution < -0.4 is 0 Å². The molecule has 0 heterocycles. The van der Waals surface area contributed by atoms with Crippen molar-refractivity contribution in [1.82, 2.24) is 0 Å². The van der Waals surface area contributed by atoms with Gasteiger partial charge in [-0.05, 0) is 26.2 Å². The van der Waals surface area contributed by atoms with Gasteiger partial charge in [0.15, 0.2) is 0 Å². The molecule has 0 fully saturated rings. The predicted molar refractivity (Wildman–Crippen MR) is 48.3 cm³/mol. The Hall–Kier alpha value is -0.590. The Morgan fingerprint density at radius 1 is 1.55 bits per heavy atom. The van der Waals surface area contributed by atoms with Gasteiger partial charge in [-0.25, -0.2) is 4.39 Å². The fourth-order valence-electron chi connectivity index (χ4n) is 0.939. The van der Waals surface area contributed by atoms with Crippen LogP contribution in [0.5, 0.6) is 0 Å². The molecule has 0 nitrogen and oxygen atoms in total. The molecule has 0 amide bonds. The van der Waals surface area contributed by atoms with Gasteiger partial charge < -0.3 is 0 Å². The molecule has 0 N–H and O–H groups in total. The molecule has 64 valence electrons. The van der Waals surface area contributed by atoms with E-state index in [0.29, 0.717) is 0 Å². The Labute approximate surface area is 68.8 Å². The van der Waals surface area contributed by atoms with Crippen LogP contribution in [0, 0.1) is 5.92 Å². The zero-order valence-corrected chi connectivity index (χ0v) is 7.60. The molecular formula is C10H17F. The van der Waals surface area contributed by atoms with E-state index in [9.17, 15) is 4.39 Å². The second kappa shape index (κ2) is 5.11. The van der Waals surface area contributed by atoms with Crippen molar-refractivity contribution in [2.24, 2.45) is 5.92 Å². The van der Waals surface area contributed by atoms with Crippen molar-refractivity contribution in [2.45, 2.75) is 33.4 Å². The van der Waals surface area contributed by atoms with Crippen molar-refractivity contribution in [2.75, 3.05) is 0 Å². The number of hydrogen-bond acceptors (Lipinski definition) is 0. The van der Waals surface area contributed by atoms with Gasteiger partial charge in [-0.3, -0.25) is 0 Å². The highest BCUT2D eigenvalue weighted by Crippen LogP contribution is 2.16. The summed E-state index contributed by atoms with van der Waals surface area (Å²) in [4.78, 5) is 0. The summed E-state index contributed by atoms with van der Waals surface area (Å²) in [5.41, 5.74) is 1.19. The number of halogens is 1. The van der Waals surface area contributed by atoms with Crippen molar-refractivity contribution in [3.63, 3.8) is 0 Å². The minimum absolute atomic E-state index is 0.117. The van der Waals surface area contributed by atoms with Crippen molar-refractivity contribution >= 4 is 0 Å². The zero-order valence-electron chi connectivity index (χ0n) is 7.60. The lowest BCUT2D eigenvalue weighted by Crippen LogP contribution is -2.07. The molecular weight excluding hydrogens is 139 g/mol. The molecule has 11 heavy (non-hydrogen) atoms. The predicted octanol–water partition coefficient (Wildman–Crippen LogP) is 3.50. The second-order valence-electron chi connectivity index (χ2n) is 3.11. The molecule has 0 aromatic carbocycles. The minimum atomic E-state index is -0.719. The molecule has 0 aromatic rings. The number of rotatable bonds is 4. The van der Waals surface area contributed by atoms with Crippen LogP contribution in [-0.4, -0.2) is 6.17 Å². The number of hydrogen-bond donors (Lipinski definition) is 0. The van der Waals surface area contributed by atoms with Gasteiger partial charge in [-0.2, -0.15) is 0 Å². The summed E-state index contributed by atoms with van der Waals surface area (Å²) < 4.78 is 12.6. The first kappa shape index (κ1) is 10.4. The Bertz CT molecular complexity index is 145. The fourth-order valence-corrected chi connectivity index (χ4v) is 0.939. The maximum atomic E-state index is 12.6. The molecule has 0 aliphatic rings. The highest BCUT2D eigenvalue weighted by atomic mass is 19.1. The molecule has 0 aromatic heterocycles. The van der Waals surface area contributed by atoms with Crippen molar-refractivity contribution in [3.05, 3.63) is 24.3 Å². The average Bonchev–Trinajstić information content (AvgIpc) is 1.87. The highest BCUT2D eigenvalue weighted by Gasteiger charge is 2.09. The fraction of sp³-hybridized carbons (Fsp3) is 0.600. The van der Waals surface area contributed by atoms with Crippen molar-refractivity contribution in [1.29, 1.82) is 0 Å². The Morgan fingerprint density at radius 2 is 2.09 bits per heavy atom. The van der Waals surface area contributed by atoms with Crippen LogP contribution in [0.25, 0.3) is 0 Å². The smallest absolute Gasteiger partial charge is 0.100 e. The second-order valence-corrected chi connectivity index (χ2v) is 3.11. The molecule has 0 saturated heterocycles. The van der Waals surface area contributed by atoms with Crippen molar-refractivity contribution < 1.29 is 4.39 Å². The molecule has 0 spiro atoms. The summed E-state index contributed by atoms with van der Waals surface area (Å²) in [5.74, 6) is 0.117. The third kappa shape index (κ3) is 4.77. The molecule has 2 atom stereocenters. The zero-order chi connectivity index (χ0) is 8.85. The average molecular weight is 156 g/mol. The normalized spacial score (nSPS) is 17.6. The number of allylic oxidation sites excluding steroid dienone is 3. The van der Waals surface area contributed by atoms with E-state index in [1.165, 1.54) is 5.57 Å². The van der Waals surface area contributed by atoms with Gasteiger partial charge in [0.1, 0.15) is 6.17 Å². The van der Waals surface area contributed by atoms with Gasteiger partial charge in [0.05, 0.1) is 0 Å². The van der Waals surface area contributed by atoms with Crippen LogP contribution in [0.2, 0.25) is 0 Å². The van der Waals surface area contributed by atoms with E-state index in [4.69, 9.17) is 0 Å². The van der Waals surface area contributed by atoms with E-state index in [1.807, 2.05) is 19.9 Å². The summed E-state index contributed by atoms with van der Waals surface area (Å²) in [6.45, 7) is 9.11. The molecule has 1 heteroatoms. The van der Waals surface area contributed by atoms with Crippen LogP contribution in [0.15, 0.2) is 24.3 Å². The van der Waals surface area contributed by atoms with Gasteiger partial charge in [-0.15, -0.1) is 0 Å². The first-order valence-electron chi connectivity index (χ1n) is 4.00. The minimum Gasteiger partial charge on any atom is -0.247 e. The SMILES string of the molecule is C=C/C=C(/C)CC(C)[C@@H](C)F. The molecule has 0 aliphatic carbocycles. The Morgan fingerprint density at radius 3 is 2.45 bits per heavy atom. The summed E-state index contributed by atoms with van der Waals surface area (Å²) in [6.07, 6.45) is 3.77. The van der Waals surface area contributed by atoms with Gasteiger partial charge in [0.25, 0.3) is 0 Å². The number of alkyl halides is 1. The van der Waals surface area contributed by atoms with Gasteiger partial charge in [-0.1, -0.05) is 31.2 Å². The van der Waals surface area contributed by atoms with Crippen LogP contribution in [0.1, 0.15) is 27.2 Å². The van der Waals surface area contributed by atoms with E-state index < -0.39 is 6.17 Å². The molecule has 0 rings (SSSR count). The topological polar surface area (TPSA) is 0 Å². The van der Waals surface area contributed by atoms with E-state index in [1.54, 1.807) is 13.0 Å². The summed E-state index contributed by atoms with van der Waals surface area (Å²) in [7, 11) is 0.